The van der Waals surface area contributed by atoms with Crippen LogP contribution in [-0.2, 0) is 23.1 Å². The van der Waals surface area contributed by atoms with E-state index in [0.717, 1.165) is 22.3 Å². The molecule has 0 atom stereocenters. The molecule has 0 unspecified atom stereocenters. The van der Waals surface area contributed by atoms with Crippen LogP contribution in [0.1, 0.15) is 22.5 Å². The van der Waals surface area contributed by atoms with Crippen molar-refractivity contribution >= 4 is 21.2 Å². The molecular weight excluding hydrogens is 384 g/mol. The Balaban J connectivity index is 1.67. The number of benzene rings is 2. The molecule has 7 heteroatoms. The van der Waals surface area contributed by atoms with Crippen LogP contribution in [0.3, 0.4) is 0 Å². The van der Waals surface area contributed by atoms with E-state index in [1.54, 1.807) is 19.2 Å². The lowest BCUT2D eigenvalue weighted by Crippen LogP contribution is -2.26. The topological polar surface area (TPSA) is 76.9 Å². The second-order valence-electron chi connectivity index (χ2n) is 7.04. The number of nitrogens with zero attached hydrogens (tertiary/aromatic N) is 3. The molecule has 0 aliphatic carbocycles. The van der Waals surface area contributed by atoms with E-state index >= 15 is 0 Å². The quantitative estimate of drug-likeness (QED) is 0.531. The third kappa shape index (κ3) is 4.06. The third-order valence-electron chi connectivity index (χ3n) is 4.82. The Bertz CT molecular complexity index is 1260. The van der Waals surface area contributed by atoms with Crippen molar-refractivity contribution in [1.29, 1.82) is 0 Å². The summed E-state index contributed by atoms with van der Waals surface area (Å²) in [5.74, 6) is 0.622. The molecule has 0 radical (unpaired) electrons. The van der Waals surface area contributed by atoms with E-state index in [-0.39, 0.29) is 6.54 Å². The van der Waals surface area contributed by atoms with Crippen molar-refractivity contribution in [2.75, 3.05) is 0 Å². The van der Waals surface area contributed by atoms with Crippen molar-refractivity contribution in [3.8, 4) is 0 Å². The number of aryl methyl sites for hydroxylation is 2. The summed E-state index contributed by atoms with van der Waals surface area (Å²) in [7, 11) is -3.66. The van der Waals surface area contributed by atoms with Crippen LogP contribution >= 0.6 is 0 Å². The van der Waals surface area contributed by atoms with Crippen molar-refractivity contribution in [3.05, 3.63) is 89.4 Å². The smallest absolute Gasteiger partial charge is 0.241 e. The first kappa shape index (κ1) is 19.3. The van der Waals surface area contributed by atoms with E-state index in [0.29, 0.717) is 22.8 Å². The molecule has 148 valence electrons. The van der Waals surface area contributed by atoms with E-state index in [2.05, 4.69) is 14.7 Å². The number of aromatic nitrogens is 3. The lowest BCUT2D eigenvalue weighted by atomic mass is 10.2. The second kappa shape index (κ2) is 7.77. The summed E-state index contributed by atoms with van der Waals surface area (Å²) >= 11 is 0. The second-order valence-corrected chi connectivity index (χ2v) is 8.77. The SMILES string of the molecule is Cc1ccc(C)c(S(=O)(=O)NCc2nc3cccnc3n2Cc2ccccc2)c1. The van der Waals surface area contributed by atoms with Crippen molar-refractivity contribution in [2.24, 2.45) is 0 Å². The fourth-order valence-electron chi connectivity index (χ4n) is 3.31. The Morgan fingerprint density at radius 3 is 2.59 bits per heavy atom. The van der Waals surface area contributed by atoms with Gasteiger partial charge in [-0.25, -0.2) is 23.1 Å². The molecule has 0 fully saturated rings. The molecule has 1 N–H and O–H groups in total. The zero-order valence-corrected chi connectivity index (χ0v) is 17.1. The summed E-state index contributed by atoms with van der Waals surface area (Å²) in [5.41, 5.74) is 4.18. The van der Waals surface area contributed by atoms with Gasteiger partial charge in [0.05, 0.1) is 18.0 Å². The van der Waals surface area contributed by atoms with Crippen LogP contribution < -0.4 is 4.72 Å². The van der Waals surface area contributed by atoms with Crippen LogP contribution in [0.25, 0.3) is 11.2 Å². The van der Waals surface area contributed by atoms with Gasteiger partial charge in [0.1, 0.15) is 11.3 Å². The van der Waals surface area contributed by atoms with Crippen molar-refractivity contribution in [1.82, 2.24) is 19.3 Å². The largest absolute Gasteiger partial charge is 0.307 e. The summed E-state index contributed by atoms with van der Waals surface area (Å²) in [6, 6.07) is 19.1. The summed E-state index contributed by atoms with van der Waals surface area (Å²) < 4.78 is 30.5. The van der Waals surface area contributed by atoms with Crippen LogP contribution in [0.15, 0.2) is 71.8 Å². The van der Waals surface area contributed by atoms with Crippen LogP contribution in [0.2, 0.25) is 0 Å². The Morgan fingerprint density at radius 1 is 1.00 bits per heavy atom. The van der Waals surface area contributed by atoms with Gasteiger partial charge in [-0.15, -0.1) is 0 Å². The molecule has 4 rings (SSSR count). The van der Waals surface area contributed by atoms with Gasteiger partial charge in [-0.1, -0.05) is 42.5 Å². The van der Waals surface area contributed by atoms with Crippen LogP contribution in [0.4, 0.5) is 0 Å². The fourth-order valence-corrected chi connectivity index (χ4v) is 4.61. The van der Waals surface area contributed by atoms with E-state index < -0.39 is 10.0 Å². The minimum Gasteiger partial charge on any atom is -0.307 e. The van der Waals surface area contributed by atoms with Crippen LogP contribution in [0.5, 0.6) is 0 Å². The van der Waals surface area contributed by atoms with E-state index in [9.17, 15) is 8.42 Å². The first-order valence-electron chi connectivity index (χ1n) is 9.35. The third-order valence-corrected chi connectivity index (χ3v) is 6.36. The molecule has 4 aromatic rings. The molecule has 0 aliphatic heterocycles. The minimum atomic E-state index is -3.66. The summed E-state index contributed by atoms with van der Waals surface area (Å²) in [4.78, 5) is 9.36. The lowest BCUT2D eigenvalue weighted by molar-refractivity contribution is 0.576. The summed E-state index contributed by atoms with van der Waals surface area (Å²) in [5, 5.41) is 0. The van der Waals surface area contributed by atoms with Gasteiger partial charge >= 0.3 is 0 Å². The highest BCUT2D eigenvalue weighted by atomic mass is 32.2. The monoisotopic (exact) mass is 406 g/mol. The zero-order chi connectivity index (χ0) is 20.4. The number of fused-ring (bicyclic) bond motifs is 1. The first-order valence-corrected chi connectivity index (χ1v) is 10.8. The Labute approximate surface area is 170 Å². The zero-order valence-electron chi connectivity index (χ0n) is 16.3. The van der Waals surface area contributed by atoms with Gasteiger partial charge in [-0.2, -0.15) is 0 Å². The predicted molar refractivity (Wildman–Crippen MR) is 113 cm³/mol. The molecule has 6 nitrogen and oxygen atoms in total. The fraction of sp³-hybridized carbons (Fsp3) is 0.182. The molecule has 2 heterocycles. The Morgan fingerprint density at radius 2 is 1.79 bits per heavy atom. The molecule has 0 saturated carbocycles. The number of hydrogen-bond donors (Lipinski definition) is 1. The Hall–Kier alpha value is -3.03. The van der Waals surface area contributed by atoms with Gasteiger partial charge in [-0.05, 0) is 48.7 Å². The molecule has 0 saturated heterocycles. The molecule has 0 bridgehead atoms. The number of rotatable bonds is 6. The van der Waals surface area contributed by atoms with E-state index in [4.69, 9.17) is 0 Å². The number of hydrogen-bond acceptors (Lipinski definition) is 4. The highest BCUT2D eigenvalue weighted by Crippen LogP contribution is 2.19. The summed E-state index contributed by atoms with van der Waals surface area (Å²) in [6.45, 7) is 4.32. The van der Waals surface area contributed by atoms with Gasteiger partial charge in [0.2, 0.25) is 10.0 Å². The van der Waals surface area contributed by atoms with Crippen LogP contribution in [0, 0.1) is 13.8 Å². The van der Waals surface area contributed by atoms with Crippen molar-refractivity contribution in [3.63, 3.8) is 0 Å². The van der Waals surface area contributed by atoms with Gasteiger partial charge < -0.3 is 4.57 Å². The Kier molecular flexibility index (Phi) is 5.17. The lowest BCUT2D eigenvalue weighted by Gasteiger charge is -2.12. The molecule has 2 aromatic carbocycles. The molecule has 0 aliphatic rings. The van der Waals surface area contributed by atoms with Gasteiger partial charge in [0.25, 0.3) is 0 Å². The number of sulfonamides is 1. The maximum atomic E-state index is 12.9. The predicted octanol–water partition coefficient (Wildman–Crippen LogP) is 3.57. The normalized spacial score (nSPS) is 11.8. The number of nitrogens with one attached hydrogen (secondary N) is 1. The molecule has 29 heavy (non-hydrogen) atoms. The van der Waals surface area contributed by atoms with E-state index in [1.165, 1.54) is 0 Å². The van der Waals surface area contributed by atoms with E-state index in [1.807, 2.05) is 66.1 Å². The maximum Gasteiger partial charge on any atom is 0.241 e. The van der Waals surface area contributed by atoms with Gasteiger partial charge in [-0.3, -0.25) is 0 Å². The average molecular weight is 407 g/mol. The molecule has 0 amide bonds. The van der Waals surface area contributed by atoms with Crippen molar-refractivity contribution in [2.45, 2.75) is 31.8 Å². The highest BCUT2D eigenvalue weighted by Gasteiger charge is 2.19. The average Bonchev–Trinajstić information content (AvgIpc) is 3.07. The van der Waals surface area contributed by atoms with Gasteiger partial charge in [0.15, 0.2) is 5.65 Å². The number of pyridine rings is 1. The number of imidazole rings is 1. The molecular formula is C22H22N4O2S. The first-order chi connectivity index (χ1) is 13.9. The highest BCUT2D eigenvalue weighted by molar-refractivity contribution is 7.89. The maximum absolute atomic E-state index is 12.9. The van der Waals surface area contributed by atoms with Gasteiger partial charge in [0, 0.05) is 6.20 Å². The molecule has 0 spiro atoms. The standard InChI is InChI=1S/C22H22N4O2S/c1-16-10-11-17(2)20(13-16)29(27,28)24-14-21-25-19-9-6-12-23-22(19)26(21)15-18-7-4-3-5-8-18/h3-13,24H,14-15H2,1-2H3. The van der Waals surface area contributed by atoms with Crippen LogP contribution in [-0.4, -0.2) is 23.0 Å². The minimum absolute atomic E-state index is 0.0823. The van der Waals surface area contributed by atoms with Crippen molar-refractivity contribution < 1.29 is 8.42 Å². The molecule has 2 aromatic heterocycles. The summed E-state index contributed by atoms with van der Waals surface area (Å²) in [6.07, 6.45) is 1.72.